The Morgan fingerprint density at radius 3 is 2.48 bits per heavy atom. The Labute approximate surface area is 122 Å². The third-order valence-electron chi connectivity index (χ3n) is 3.51. The molecule has 1 aromatic rings. The van der Waals surface area contributed by atoms with Gasteiger partial charge in [-0.1, -0.05) is 30.3 Å². The fourth-order valence-corrected chi connectivity index (χ4v) is 2.07. The summed E-state index contributed by atoms with van der Waals surface area (Å²) in [6.45, 7) is 2.24. The molecule has 0 radical (unpaired) electrons. The maximum Gasteiger partial charge on any atom is 0.329 e. The maximum atomic E-state index is 12.7. The van der Waals surface area contributed by atoms with E-state index in [-0.39, 0.29) is 18.1 Å². The summed E-state index contributed by atoms with van der Waals surface area (Å²) in [4.78, 5) is 25.1. The fraction of sp³-hybridized carbons (Fsp3) is 0.333. The van der Waals surface area contributed by atoms with Crippen LogP contribution >= 0.6 is 0 Å². The van der Waals surface area contributed by atoms with E-state index in [1.165, 1.54) is 13.8 Å². The number of rotatable bonds is 4. The molecule has 0 aromatic heterocycles. The topological polar surface area (TPSA) is 87.1 Å². The van der Waals surface area contributed by atoms with E-state index in [0.29, 0.717) is 5.56 Å². The molecule has 0 saturated carbocycles. The van der Waals surface area contributed by atoms with Crippen LogP contribution < -0.4 is 0 Å². The van der Waals surface area contributed by atoms with Gasteiger partial charge in [0, 0.05) is 0 Å². The average molecular weight is 291 g/mol. The number of benzene rings is 1. The van der Waals surface area contributed by atoms with Crippen LogP contribution in [0.1, 0.15) is 19.4 Å². The van der Waals surface area contributed by atoms with Gasteiger partial charge in [0.2, 0.25) is 0 Å². The number of carboxylic acid groups (broad SMARTS) is 1. The van der Waals surface area contributed by atoms with Crippen molar-refractivity contribution in [1.82, 2.24) is 4.90 Å². The fourth-order valence-electron chi connectivity index (χ4n) is 2.07. The molecule has 6 heteroatoms. The first kappa shape index (κ1) is 15.1. The largest absolute Gasteiger partial charge is 0.480 e. The molecule has 1 heterocycles. The van der Waals surface area contributed by atoms with Crippen molar-refractivity contribution in [3.63, 3.8) is 0 Å². The number of hydrogen-bond donors (Lipinski definition) is 2. The molecule has 0 saturated heterocycles. The lowest BCUT2D eigenvalue weighted by molar-refractivity contribution is -0.161. The van der Waals surface area contributed by atoms with Crippen LogP contribution in [0.5, 0.6) is 0 Å². The van der Waals surface area contributed by atoms with E-state index >= 15 is 0 Å². The van der Waals surface area contributed by atoms with Gasteiger partial charge >= 0.3 is 5.97 Å². The van der Waals surface area contributed by atoms with Crippen molar-refractivity contribution >= 4 is 17.4 Å². The molecule has 2 N–H and O–H groups in total. The number of hydrogen-bond acceptors (Lipinski definition) is 4. The molecular formula is C15H17NO5. The lowest BCUT2D eigenvalue weighted by Crippen LogP contribution is -2.55. The van der Waals surface area contributed by atoms with Crippen LogP contribution in [0.4, 0.5) is 0 Å². The molecular weight excluding hydrogens is 274 g/mol. The van der Waals surface area contributed by atoms with Gasteiger partial charge in [-0.15, -0.1) is 0 Å². The maximum absolute atomic E-state index is 12.7. The van der Waals surface area contributed by atoms with Crippen LogP contribution in [0.15, 0.2) is 36.1 Å². The van der Waals surface area contributed by atoms with Crippen molar-refractivity contribution < 1.29 is 24.5 Å². The molecule has 0 fully saturated rings. The van der Waals surface area contributed by atoms with Gasteiger partial charge in [0.1, 0.15) is 17.9 Å². The van der Waals surface area contributed by atoms with Gasteiger partial charge in [0.05, 0.1) is 5.57 Å². The van der Waals surface area contributed by atoms with Gasteiger partial charge in [-0.2, -0.15) is 0 Å². The summed E-state index contributed by atoms with van der Waals surface area (Å²) in [5.41, 5.74) is -0.630. The van der Waals surface area contributed by atoms with Crippen molar-refractivity contribution in [2.24, 2.45) is 0 Å². The summed E-state index contributed by atoms with van der Waals surface area (Å²) in [5, 5.41) is 18.6. The molecule has 6 nitrogen and oxygen atoms in total. The Balaban J connectivity index is 2.48. The minimum Gasteiger partial charge on any atom is -0.480 e. The zero-order valence-electron chi connectivity index (χ0n) is 11.9. The van der Waals surface area contributed by atoms with Crippen LogP contribution in [0.2, 0.25) is 0 Å². The Kier molecular flexibility index (Phi) is 3.99. The van der Waals surface area contributed by atoms with Gasteiger partial charge in [-0.25, -0.2) is 4.79 Å². The van der Waals surface area contributed by atoms with Crippen LogP contribution in [0.25, 0.3) is 5.57 Å². The van der Waals surface area contributed by atoms with Gasteiger partial charge in [-0.3, -0.25) is 9.69 Å². The second kappa shape index (κ2) is 5.57. The molecule has 1 aliphatic rings. The lowest BCUT2D eigenvalue weighted by atomic mass is 9.97. The quantitative estimate of drug-likeness (QED) is 0.866. The van der Waals surface area contributed by atoms with E-state index < -0.39 is 24.0 Å². The van der Waals surface area contributed by atoms with Gasteiger partial charge in [0.15, 0.2) is 6.73 Å². The van der Waals surface area contributed by atoms with Crippen LogP contribution in [0, 0.1) is 0 Å². The highest BCUT2D eigenvalue weighted by molar-refractivity contribution is 6.21. The smallest absolute Gasteiger partial charge is 0.329 e. The zero-order chi connectivity index (χ0) is 15.6. The number of carboxylic acids is 1. The first-order valence-electron chi connectivity index (χ1n) is 6.47. The minimum absolute atomic E-state index is 0.156. The molecule has 0 unspecified atom stereocenters. The second-order valence-electron chi connectivity index (χ2n) is 5.19. The lowest BCUT2D eigenvalue weighted by Gasteiger charge is -2.38. The second-order valence-corrected chi connectivity index (χ2v) is 5.19. The highest BCUT2D eigenvalue weighted by Crippen LogP contribution is 2.30. The molecule has 21 heavy (non-hydrogen) atoms. The third-order valence-corrected chi connectivity index (χ3v) is 3.51. The first-order chi connectivity index (χ1) is 9.89. The van der Waals surface area contributed by atoms with Gasteiger partial charge < -0.3 is 14.9 Å². The molecule has 0 aliphatic carbocycles. The number of ether oxygens (including phenoxy) is 1. The molecule has 1 amide bonds. The number of aliphatic hydroxyl groups excluding tert-OH is 1. The molecule has 0 bridgehead atoms. The van der Waals surface area contributed by atoms with Crippen LogP contribution in [0.3, 0.4) is 0 Å². The SMILES string of the molecule is CC(C)(C(=O)O)N1COC(CO)=C(c2ccccc2)C1=O. The standard InChI is InChI=1S/C15H17NO5/c1-15(2,14(19)20)16-9-21-11(8-17)12(13(16)18)10-6-4-3-5-7-10/h3-7,17H,8-9H2,1-2H3,(H,19,20). The van der Waals surface area contributed by atoms with Crippen LogP contribution in [-0.2, 0) is 14.3 Å². The molecule has 1 aliphatic heterocycles. The molecule has 2 rings (SSSR count). The van der Waals surface area contributed by atoms with Crippen molar-refractivity contribution in [2.45, 2.75) is 19.4 Å². The number of amides is 1. The Morgan fingerprint density at radius 1 is 1.33 bits per heavy atom. The van der Waals surface area contributed by atoms with Gasteiger partial charge in [-0.05, 0) is 19.4 Å². The van der Waals surface area contributed by atoms with Crippen molar-refractivity contribution in [1.29, 1.82) is 0 Å². The highest BCUT2D eigenvalue weighted by Gasteiger charge is 2.42. The summed E-state index contributed by atoms with van der Waals surface area (Å²) < 4.78 is 5.39. The predicted octanol–water partition coefficient (Wildman–Crippen LogP) is 1.07. The van der Waals surface area contributed by atoms with E-state index in [9.17, 15) is 19.8 Å². The normalized spacial score (nSPS) is 16.0. The predicted molar refractivity (Wildman–Crippen MR) is 75.0 cm³/mol. The number of carbonyl (C=O) groups excluding carboxylic acids is 1. The summed E-state index contributed by atoms with van der Waals surface area (Å²) in [6, 6.07) is 8.74. The molecule has 1 aromatic carbocycles. The molecule has 0 atom stereocenters. The minimum atomic E-state index is -1.40. The number of aliphatic hydroxyl groups is 1. The Hall–Kier alpha value is -2.34. The van der Waals surface area contributed by atoms with Crippen molar-refractivity contribution in [3.8, 4) is 0 Å². The Morgan fingerprint density at radius 2 is 1.95 bits per heavy atom. The summed E-state index contributed by atoms with van der Waals surface area (Å²) in [5.74, 6) is -1.44. The zero-order valence-corrected chi connectivity index (χ0v) is 11.9. The third kappa shape index (κ3) is 2.62. The van der Waals surface area contributed by atoms with E-state index in [0.717, 1.165) is 4.90 Å². The average Bonchev–Trinajstić information content (AvgIpc) is 2.47. The Bertz CT molecular complexity index is 591. The van der Waals surface area contributed by atoms with Gasteiger partial charge in [0.25, 0.3) is 5.91 Å². The number of aliphatic carboxylic acids is 1. The van der Waals surface area contributed by atoms with E-state index in [4.69, 9.17) is 4.74 Å². The summed E-state index contributed by atoms with van der Waals surface area (Å²) in [6.07, 6.45) is 0. The molecule has 0 spiro atoms. The van der Waals surface area contributed by atoms with Crippen molar-refractivity contribution in [3.05, 3.63) is 41.7 Å². The van der Waals surface area contributed by atoms with E-state index in [1.54, 1.807) is 30.3 Å². The van der Waals surface area contributed by atoms with Crippen LogP contribution in [-0.4, -0.2) is 45.9 Å². The van der Waals surface area contributed by atoms with E-state index in [1.807, 2.05) is 0 Å². The van der Waals surface area contributed by atoms with Crippen molar-refractivity contribution in [2.75, 3.05) is 13.3 Å². The molecule has 112 valence electrons. The van der Waals surface area contributed by atoms with E-state index in [2.05, 4.69) is 0 Å². The monoisotopic (exact) mass is 291 g/mol. The number of carbonyl (C=O) groups is 2. The number of nitrogens with zero attached hydrogens (tertiary/aromatic N) is 1. The summed E-state index contributed by atoms with van der Waals surface area (Å²) in [7, 11) is 0. The highest BCUT2D eigenvalue weighted by atomic mass is 16.5. The summed E-state index contributed by atoms with van der Waals surface area (Å²) >= 11 is 0. The first-order valence-corrected chi connectivity index (χ1v) is 6.47.